The third-order valence-corrected chi connectivity index (χ3v) is 5.18. The summed E-state index contributed by atoms with van der Waals surface area (Å²) in [6.07, 6.45) is 1.44. The van der Waals surface area contributed by atoms with E-state index in [2.05, 4.69) is 24.0 Å². The van der Waals surface area contributed by atoms with Gasteiger partial charge >= 0.3 is 6.09 Å². The predicted molar refractivity (Wildman–Crippen MR) is 110 cm³/mol. The fraction of sp³-hybridized carbons (Fsp3) is 0.682. The van der Waals surface area contributed by atoms with Crippen LogP contribution in [0.5, 0.6) is 5.75 Å². The molecule has 0 fully saturated rings. The van der Waals surface area contributed by atoms with Crippen LogP contribution in [0.1, 0.15) is 38.8 Å². The maximum absolute atomic E-state index is 12.5. The van der Waals surface area contributed by atoms with Gasteiger partial charge in [-0.2, -0.15) is 0 Å². The van der Waals surface area contributed by atoms with Gasteiger partial charge in [0, 0.05) is 26.7 Å². The summed E-state index contributed by atoms with van der Waals surface area (Å²) in [6, 6.07) is 4.44. The Balaban J connectivity index is 1.74. The second-order valence-corrected chi connectivity index (χ2v) is 8.91. The van der Waals surface area contributed by atoms with Crippen molar-refractivity contribution in [3.8, 4) is 5.75 Å². The Morgan fingerprint density at radius 2 is 1.86 bits per heavy atom. The molecule has 0 saturated carbocycles. The fourth-order valence-electron chi connectivity index (χ4n) is 3.90. The highest BCUT2D eigenvalue weighted by Gasteiger charge is 2.27. The van der Waals surface area contributed by atoms with E-state index >= 15 is 0 Å². The number of hydrogen-bond acceptors (Lipinski definition) is 5. The average molecular weight is 391 g/mol. The van der Waals surface area contributed by atoms with Gasteiger partial charge in [0.2, 0.25) is 0 Å². The maximum atomic E-state index is 12.5. The second-order valence-electron chi connectivity index (χ2n) is 8.91. The smallest absolute Gasteiger partial charge is 0.410 e. The van der Waals surface area contributed by atoms with Crippen LogP contribution in [-0.4, -0.2) is 63.1 Å². The molecule has 0 aliphatic carbocycles. The summed E-state index contributed by atoms with van der Waals surface area (Å²) >= 11 is 0. The number of benzene rings is 1. The van der Waals surface area contributed by atoms with E-state index in [1.165, 1.54) is 16.8 Å². The largest absolute Gasteiger partial charge is 0.490 e. The number of nitrogens with zero attached hydrogens (tertiary/aromatic N) is 2. The van der Waals surface area contributed by atoms with Crippen molar-refractivity contribution in [2.75, 3.05) is 51.4 Å². The molecule has 3 rings (SSSR count). The van der Waals surface area contributed by atoms with Crippen molar-refractivity contribution >= 4 is 11.8 Å². The second kappa shape index (κ2) is 8.60. The molecular weight excluding hydrogens is 356 g/mol. The van der Waals surface area contributed by atoms with Crippen molar-refractivity contribution in [1.82, 2.24) is 4.90 Å². The molecule has 0 saturated heterocycles. The van der Waals surface area contributed by atoms with Gasteiger partial charge in [-0.25, -0.2) is 4.79 Å². The molecule has 1 aromatic carbocycles. The summed E-state index contributed by atoms with van der Waals surface area (Å²) in [5, 5.41) is 0. The topological polar surface area (TPSA) is 51.2 Å². The number of methoxy groups -OCH3 is 1. The lowest BCUT2D eigenvalue weighted by Gasteiger charge is -2.34. The minimum Gasteiger partial charge on any atom is -0.490 e. The average Bonchev–Trinajstić information content (AvgIpc) is 2.81. The van der Waals surface area contributed by atoms with Crippen LogP contribution in [-0.2, 0) is 22.3 Å². The molecule has 1 amide bonds. The van der Waals surface area contributed by atoms with Gasteiger partial charge in [-0.15, -0.1) is 0 Å². The third-order valence-electron chi connectivity index (χ3n) is 5.18. The Morgan fingerprint density at radius 3 is 2.50 bits per heavy atom. The summed E-state index contributed by atoms with van der Waals surface area (Å²) in [4.78, 5) is 16.7. The van der Waals surface area contributed by atoms with Crippen LogP contribution in [0.2, 0.25) is 0 Å². The zero-order chi connectivity index (χ0) is 20.3. The summed E-state index contributed by atoms with van der Waals surface area (Å²) in [5.41, 5.74) is 3.28. The minimum atomic E-state index is -0.470. The van der Waals surface area contributed by atoms with E-state index in [9.17, 15) is 4.79 Å². The highest BCUT2D eigenvalue weighted by atomic mass is 16.6. The van der Waals surface area contributed by atoms with Gasteiger partial charge in [-0.1, -0.05) is 6.92 Å². The molecule has 6 heteroatoms. The Hall–Kier alpha value is -1.95. The quantitative estimate of drug-likeness (QED) is 0.788. The number of hydrogen-bond donors (Lipinski definition) is 0. The van der Waals surface area contributed by atoms with Crippen LogP contribution in [0.4, 0.5) is 10.5 Å². The highest BCUT2D eigenvalue weighted by molar-refractivity contribution is 5.69. The van der Waals surface area contributed by atoms with E-state index in [1.807, 2.05) is 25.7 Å². The Labute approximate surface area is 168 Å². The fourth-order valence-corrected chi connectivity index (χ4v) is 3.90. The Kier molecular flexibility index (Phi) is 6.38. The molecule has 156 valence electrons. The van der Waals surface area contributed by atoms with E-state index in [1.54, 1.807) is 7.11 Å². The molecule has 0 N–H and O–H groups in total. The molecule has 6 nitrogen and oxygen atoms in total. The van der Waals surface area contributed by atoms with Crippen molar-refractivity contribution in [3.05, 3.63) is 23.3 Å². The Bertz CT molecular complexity index is 699. The van der Waals surface area contributed by atoms with Crippen molar-refractivity contribution < 1.29 is 19.0 Å². The van der Waals surface area contributed by atoms with E-state index in [4.69, 9.17) is 14.2 Å². The first kappa shape index (κ1) is 20.8. The predicted octanol–water partition coefficient (Wildman–Crippen LogP) is 3.50. The standard InChI is InChI=1S/C22H34N2O4/c1-16(15-26-5)14-24-10-11-27-20-13-18-7-9-23(21(25)28-22(2,3)4)8-6-17(18)12-19(20)24/h12-13,16H,6-11,14-15H2,1-5H3/t16-/m1/s1. The molecule has 0 aromatic heterocycles. The lowest BCUT2D eigenvalue weighted by Crippen LogP contribution is -2.38. The van der Waals surface area contributed by atoms with Crippen LogP contribution >= 0.6 is 0 Å². The number of rotatable bonds is 4. The van der Waals surface area contributed by atoms with E-state index in [-0.39, 0.29) is 6.09 Å². The molecule has 0 unspecified atom stereocenters. The van der Waals surface area contributed by atoms with Gasteiger partial charge in [0.05, 0.1) is 18.8 Å². The number of anilines is 1. The van der Waals surface area contributed by atoms with Crippen LogP contribution in [0.25, 0.3) is 0 Å². The third kappa shape index (κ3) is 5.10. The summed E-state index contributed by atoms with van der Waals surface area (Å²) in [6.45, 7) is 12.6. The summed E-state index contributed by atoms with van der Waals surface area (Å²) < 4.78 is 16.8. The first-order valence-corrected chi connectivity index (χ1v) is 10.3. The summed E-state index contributed by atoms with van der Waals surface area (Å²) in [7, 11) is 1.75. The Morgan fingerprint density at radius 1 is 1.18 bits per heavy atom. The van der Waals surface area contributed by atoms with E-state index < -0.39 is 5.60 Å². The maximum Gasteiger partial charge on any atom is 0.410 e. The highest BCUT2D eigenvalue weighted by Crippen LogP contribution is 2.36. The van der Waals surface area contributed by atoms with Crippen molar-refractivity contribution in [2.24, 2.45) is 5.92 Å². The van der Waals surface area contributed by atoms with E-state index in [0.717, 1.165) is 38.3 Å². The first-order valence-electron chi connectivity index (χ1n) is 10.3. The van der Waals surface area contributed by atoms with Crippen molar-refractivity contribution in [2.45, 2.75) is 46.1 Å². The SMILES string of the molecule is COC[C@H](C)CN1CCOc2cc3c(cc21)CCN(C(=O)OC(C)(C)C)CC3. The monoisotopic (exact) mass is 390 g/mol. The number of carbonyl (C=O) groups excluding carboxylic acids is 1. The molecule has 1 aromatic rings. The number of ether oxygens (including phenoxy) is 3. The minimum absolute atomic E-state index is 0.226. The lowest BCUT2D eigenvalue weighted by molar-refractivity contribution is 0.0258. The van der Waals surface area contributed by atoms with Gasteiger partial charge < -0.3 is 24.0 Å². The van der Waals surface area contributed by atoms with Crippen molar-refractivity contribution in [1.29, 1.82) is 0 Å². The molecule has 28 heavy (non-hydrogen) atoms. The molecular formula is C22H34N2O4. The molecule has 0 radical (unpaired) electrons. The van der Waals surface area contributed by atoms with Gasteiger partial charge in [-0.05, 0) is 62.8 Å². The zero-order valence-electron chi connectivity index (χ0n) is 17.9. The first-order chi connectivity index (χ1) is 13.3. The summed E-state index contributed by atoms with van der Waals surface area (Å²) in [5.74, 6) is 1.41. The van der Waals surface area contributed by atoms with Crippen LogP contribution in [0.3, 0.4) is 0 Å². The van der Waals surface area contributed by atoms with Crippen LogP contribution < -0.4 is 9.64 Å². The van der Waals surface area contributed by atoms with E-state index in [0.29, 0.717) is 25.6 Å². The van der Waals surface area contributed by atoms with Gasteiger partial charge in [-0.3, -0.25) is 0 Å². The molecule has 2 aliphatic heterocycles. The molecule has 2 aliphatic rings. The van der Waals surface area contributed by atoms with Gasteiger partial charge in [0.1, 0.15) is 18.0 Å². The van der Waals surface area contributed by atoms with Crippen LogP contribution in [0.15, 0.2) is 12.1 Å². The zero-order valence-corrected chi connectivity index (χ0v) is 17.9. The van der Waals surface area contributed by atoms with Gasteiger partial charge in [0.15, 0.2) is 0 Å². The number of carbonyl (C=O) groups is 1. The van der Waals surface area contributed by atoms with Crippen LogP contribution in [0, 0.1) is 5.92 Å². The number of amides is 1. The number of fused-ring (bicyclic) bond motifs is 2. The van der Waals surface area contributed by atoms with Crippen molar-refractivity contribution in [3.63, 3.8) is 0 Å². The molecule has 2 heterocycles. The van der Waals surface area contributed by atoms with Gasteiger partial charge in [0.25, 0.3) is 0 Å². The molecule has 1 atom stereocenters. The molecule has 0 spiro atoms. The lowest BCUT2D eigenvalue weighted by atomic mass is 10.00. The normalized spacial score (nSPS) is 17.9. The molecule has 0 bridgehead atoms.